The molecule has 0 radical (unpaired) electrons. The lowest BCUT2D eigenvalue weighted by molar-refractivity contribution is 1.15. The zero-order chi connectivity index (χ0) is 9.80. The molecule has 0 aliphatic heterocycles. The number of para-hydroxylation sites is 2. The highest BCUT2D eigenvalue weighted by molar-refractivity contribution is 5.65. The van der Waals surface area contributed by atoms with E-state index in [-0.39, 0.29) is 0 Å². The molecule has 72 valence electrons. The summed E-state index contributed by atoms with van der Waals surface area (Å²) in [6.45, 7) is 0.789. The Balaban J connectivity index is 2.02. The van der Waals surface area contributed by atoms with E-state index in [0.717, 1.165) is 17.9 Å². The molecule has 0 bridgehead atoms. The van der Waals surface area contributed by atoms with Gasteiger partial charge in [-0.15, -0.1) is 0 Å². The van der Waals surface area contributed by atoms with Crippen LogP contribution in [0.5, 0.6) is 0 Å². The molecule has 1 aromatic carbocycles. The summed E-state index contributed by atoms with van der Waals surface area (Å²) in [7, 11) is 0. The van der Waals surface area contributed by atoms with Crippen molar-refractivity contribution < 1.29 is 0 Å². The maximum absolute atomic E-state index is 5.79. The average molecular weight is 187 g/mol. The van der Waals surface area contributed by atoms with Crippen molar-refractivity contribution in [3.05, 3.63) is 48.3 Å². The Hall–Kier alpha value is -1.90. The summed E-state index contributed by atoms with van der Waals surface area (Å²) in [4.78, 5) is 3.01. The number of hydrogen-bond donors (Lipinski definition) is 3. The molecule has 1 heterocycles. The first-order valence-corrected chi connectivity index (χ1v) is 4.56. The predicted octanol–water partition coefficient (Wildman–Crippen LogP) is 2.21. The van der Waals surface area contributed by atoms with Crippen LogP contribution in [0.4, 0.5) is 11.4 Å². The first-order valence-electron chi connectivity index (χ1n) is 4.56. The summed E-state index contributed by atoms with van der Waals surface area (Å²) in [5, 5.41) is 3.27. The van der Waals surface area contributed by atoms with Gasteiger partial charge in [-0.05, 0) is 23.8 Å². The summed E-state index contributed by atoms with van der Waals surface area (Å²) < 4.78 is 0. The maximum Gasteiger partial charge on any atom is 0.0576 e. The summed E-state index contributed by atoms with van der Waals surface area (Å²) in [5.74, 6) is 0. The average Bonchev–Trinajstić information content (AvgIpc) is 2.69. The van der Waals surface area contributed by atoms with Gasteiger partial charge in [0.15, 0.2) is 0 Å². The Kier molecular flexibility index (Phi) is 2.40. The smallest absolute Gasteiger partial charge is 0.0576 e. The molecule has 4 N–H and O–H groups in total. The quantitative estimate of drug-likeness (QED) is 0.645. The van der Waals surface area contributed by atoms with Gasteiger partial charge in [0.05, 0.1) is 11.4 Å². The molecular formula is C11H13N3. The predicted molar refractivity (Wildman–Crippen MR) is 59.0 cm³/mol. The number of hydrogen-bond acceptors (Lipinski definition) is 2. The molecular weight excluding hydrogens is 174 g/mol. The van der Waals surface area contributed by atoms with Crippen molar-refractivity contribution >= 4 is 11.4 Å². The van der Waals surface area contributed by atoms with Crippen LogP contribution in [0, 0.1) is 0 Å². The van der Waals surface area contributed by atoms with Gasteiger partial charge in [0.2, 0.25) is 0 Å². The van der Waals surface area contributed by atoms with Gasteiger partial charge in [-0.2, -0.15) is 0 Å². The van der Waals surface area contributed by atoms with Crippen molar-refractivity contribution in [3.63, 3.8) is 0 Å². The third-order valence-electron chi connectivity index (χ3n) is 2.11. The second kappa shape index (κ2) is 3.87. The minimum absolute atomic E-state index is 0.781. The monoisotopic (exact) mass is 187 g/mol. The van der Waals surface area contributed by atoms with Gasteiger partial charge < -0.3 is 16.0 Å². The van der Waals surface area contributed by atoms with Crippen LogP contribution in [-0.2, 0) is 6.54 Å². The molecule has 0 saturated heterocycles. The van der Waals surface area contributed by atoms with Crippen LogP contribution in [0.25, 0.3) is 0 Å². The van der Waals surface area contributed by atoms with E-state index in [1.54, 1.807) is 0 Å². The molecule has 0 spiro atoms. The van der Waals surface area contributed by atoms with Crippen LogP contribution >= 0.6 is 0 Å². The Morgan fingerprint density at radius 1 is 1.21 bits per heavy atom. The SMILES string of the molecule is Nc1ccccc1NCc1cc[nH]c1. The first kappa shape index (κ1) is 8.69. The molecule has 2 aromatic rings. The molecule has 3 nitrogen and oxygen atoms in total. The minimum atomic E-state index is 0.781. The molecule has 0 unspecified atom stereocenters. The van der Waals surface area contributed by atoms with Crippen molar-refractivity contribution in [2.75, 3.05) is 11.1 Å². The standard InChI is InChI=1S/C11H13N3/c12-10-3-1-2-4-11(10)14-8-9-5-6-13-7-9/h1-7,13-14H,8,12H2. The number of anilines is 2. The fourth-order valence-corrected chi connectivity index (χ4v) is 1.32. The topological polar surface area (TPSA) is 53.8 Å². The van der Waals surface area contributed by atoms with Gasteiger partial charge in [-0.3, -0.25) is 0 Å². The number of H-pyrrole nitrogens is 1. The van der Waals surface area contributed by atoms with E-state index < -0.39 is 0 Å². The Morgan fingerprint density at radius 2 is 2.07 bits per heavy atom. The number of nitrogens with two attached hydrogens (primary N) is 1. The first-order chi connectivity index (χ1) is 6.86. The molecule has 14 heavy (non-hydrogen) atoms. The van der Waals surface area contributed by atoms with Crippen molar-refractivity contribution in [2.45, 2.75) is 6.54 Å². The third-order valence-corrected chi connectivity index (χ3v) is 2.11. The largest absolute Gasteiger partial charge is 0.397 e. The zero-order valence-corrected chi connectivity index (χ0v) is 7.83. The van der Waals surface area contributed by atoms with Crippen LogP contribution in [0.2, 0.25) is 0 Å². The molecule has 0 atom stereocenters. The summed E-state index contributed by atoms with van der Waals surface area (Å²) in [6, 6.07) is 9.79. The van der Waals surface area contributed by atoms with Crippen molar-refractivity contribution in [1.82, 2.24) is 4.98 Å². The van der Waals surface area contributed by atoms with E-state index in [1.165, 1.54) is 5.56 Å². The lowest BCUT2D eigenvalue weighted by atomic mass is 10.2. The summed E-state index contributed by atoms with van der Waals surface area (Å²) in [5.41, 5.74) is 8.77. The van der Waals surface area contributed by atoms with Gasteiger partial charge in [-0.25, -0.2) is 0 Å². The molecule has 1 aromatic heterocycles. The van der Waals surface area contributed by atoms with Gasteiger partial charge in [0, 0.05) is 18.9 Å². The van der Waals surface area contributed by atoms with E-state index in [4.69, 9.17) is 5.73 Å². The number of rotatable bonds is 3. The van der Waals surface area contributed by atoms with Crippen LogP contribution in [-0.4, -0.2) is 4.98 Å². The van der Waals surface area contributed by atoms with Crippen molar-refractivity contribution in [3.8, 4) is 0 Å². The second-order valence-corrected chi connectivity index (χ2v) is 3.16. The molecule has 3 heteroatoms. The summed E-state index contributed by atoms with van der Waals surface area (Å²) >= 11 is 0. The highest BCUT2D eigenvalue weighted by Crippen LogP contribution is 2.17. The normalized spacial score (nSPS) is 10.0. The van der Waals surface area contributed by atoms with Gasteiger partial charge >= 0.3 is 0 Å². The van der Waals surface area contributed by atoms with E-state index in [2.05, 4.69) is 10.3 Å². The number of aromatic amines is 1. The lowest BCUT2D eigenvalue weighted by Gasteiger charge is -2.07. The van der Waals surface area contributed by atoms with E-state index in [9.17, 15) is 0 Å². The van der Waals surface area contributed by atoms with Gasteiger partial charge in [0.25, 0.3) is 0 Å². The maximum atomic E-state index is 5.79. The Bertz CT molecular complexity index is 393. The van der Waals surface area contributed by atoms with Crippen LogP contribution < -0.4 is 11.1 Å². The van der Waals surface area contributed by atoms with E-state index in [1.807, 2.05) is 42.7 Å². The van der Waals surface area contributed by atoms with Crippen LogP contribution in [0.3, 0.4) is 0 Å². The number of benzene rings is 1. The van der Waals surface area contributed by atoms with Gasteiger partial charge in [-0.1, -0.05) is 12.1 Å². The minimum Gasteiger partial charge on any atom is -0.397 e. The van der Waals surface area contributed by atoms with Crippen molar-refractivity contribution in [2.24, 2.45) is 0 Å². The highest BCUT2D eigenvalue weighted by atomic mass is 14.9. The molecule has 0 saturated carbocycles. The molecule has 0 aliphatic rings. The van der Waals surface area contributed by atoms with Gasteiger partial charge in [0.1, 0.15) is 0 Å². The number of nitrogen functional groups attached to an aromatic ring is 1. The lowest BCUT2D eigenvalue weighted by Crippen LogP contribution is -2.01. The summed E-state index contributed by atoms with van der Waals surface area (Å²) in [6.07, 6.45) is 3.87. The number of aromatic nitrogens is 1. The zero-order valence-electron chi connectivity index (χ0n) is 7.83. The van der Waals surface area contributed by atoms with Crippen LogP contribution in [0.1, 0.15) is 5.56 Å². The Labute approximate surface area is 83.0 Å². The molecule has 0 fully saturated rings. The van der Waals surface area contributed by atoms with E-state index >= 15 is 0 Å². The highest BCUT2D eigenvalue weighted by Gasteiger charge is 1.96. The van der Waals surface area contributed by atoms with E-state index in [0.29, 0.717) is 0 Å². The Morgan fingerprint density at radius 3 is 2.79 bits per heavy atom. The number of nitrogens with one attached hydrogen (secondary N) is 2. The molecule has 0 aliphatic carbocycles. The third kappa shape index (κ3) is 1.88. The van der Waals surface area contributed by atoms with Crippen molar-refractivity contribution in [1.29, 1.82) is 0 Å². The molecule has 2 rings (SSSR count). The molecule has 0 amide bonds. The second-order valence-electron chi connectivity index (χ2n) is 3.16. The fourth-order valence-electron chi connectivity index (χ4n) is 1.32. The fraction of sp³-hybridized carbons (Fsp3) is 0.0909. The van der Waals surface area contributed by atoms with Crippen LogP contribution in [0.15, 0.2) is 42.7 Å².